The number of hydrogen-bond donors (Lipinski definition) is 2. The zero-order valence-corrected chi connectivity index (χ0v) is 10.6. The topological polar surface area (TPSA) is 70.9 Å². The van der Waals surface area contributed by atoms with Crippen LogP contribution in [0.15, 0.2) is 33.7 Å². The number of nitrogens with one attached hydrogen (secondary N) is 2. The minimum atomic E-state index is -0.136. The standard InChI is InChI=1S/C13H17N3O2/c1-9(5-6-11-4-3-7-18-11)14-12-8-13(17)16-10(2)15-12/h3-4,7-9H,5-6H2,1-2H3,(H2,14,15,16,17). The van der Waals surface area contributed by atoms with E-state index in [0.717, 1.165) is 18.6 Å². The van der Waals surface area contributed by atoms with Gasteiger partial charge in [-0.2, -0.15) is 0 Å². The summed E-state index contributed by atoms with van der Waals surface area (Å²) in [5.41, 5.74) is -0.136. The maximum Gasteiger partial charge on any atom is 0.252 e. The summed E-state index contributed by atoms with van der Waals surface area (Å²) < 4.78 is 5.27. The molecule has 0 saturated carbocycles. The average molecular weight is 247 g/mol. The molecule has 0 aliphatic rings. The lowest BCUT2D eigenvalue weighted by atomic mass is 10.1. The first-order valence-electron chi connectivity index (χ1n) is 6.00. The van der Waals surface area contributed by atoms with Crippen LogP contribution in [0.4, 0.5) is 5.82 Å². The number of anilines is 1. The van der Waals surface area contributed by atoms with Crippen LogP contribution < -0.4 is 10.9 Å². The first-order chi connectivity index (χ1) is 8.63. The van der Waals surface area contributed by atoms with Gasteiger partial charge in [-0.05, 0) is 32.4 Å². The number of rotatable bonds is 5. The van der Waals surface area contributed by atoms with Crippen LogP contribution in [0.25, 0.3) is 0 Å². The molecule has 2 heterocycles. The molecule has 0 aliphatic heterocycles. The lowest BCUT2D eigenvalue weighted by Crippen LogP contribution is -2.19. The number of furan rings is 1. The summed E-state index contributed by atoms with van der Waals surface area (Å²) in [5.74, 6) is 2.20. The van der Waals surface area contributed by atoms with Gasteiger partial charge < -0.3 is 14.7 Å². The third-order valence-electron chi connectivity index (χ3n) is 2.66. The molecular formula is C13H17N3O2. The van der Waals surface area contributed by atoms with Crippen molar-refractivity contribution in [1.82, 2.24) is 9.97 Å². The quantitative estimate of drug-likeness (QED) is 0.848. The highest BCUT2D eigenvalue weighted by molar-refractivity contribution is 5.33. The molecule has 96 valence electrons. The lowest BCUT2D eigenvalue weighted by Gasteiger charge is -2.13. The second kappa shape index (κ2) is 5.53. The van der Waals surface area contributed by atoms with E-state index in [1.54, 1.807) is 13.2 Å². The molecule has 2 aromatic heterocycles. The van der Waals surface area contributed by atoms with Crippen molar-refractivity contribution in [2.45, 2.75) is 32.7 Å². The zero-order chi connectivity index (χ0) is 13.0. The minimum absolute atomic E-state index is 0.136. The van der Waals surface area contributed by atoms with Crippen LogP contribution in [0.1, 0.15) is 24.9 Å². The molecule has 0 amide bonds. The third-order valence-corrected chi connectivity index (χ3v) is 2.66. The highest BCUT2D eigenvalue weighted by Crippen LogP contribution is 2.09. The molecule has 1 unspecified atom stereocenters. The van der Waals surface area contributed by atoms with Crippen LogP contribution in [-0.2, 0) is 6.42 Å². The molecule has 0 fully saturated rings. The number of H-pyrrole nitrogens is 1. The molecule has 0 bridgehead atoms. The van der Waals surface area contributed by atoms with Crippen LogP contribution in [0.3, 0.4) is 0 Å². The SMILES string of the molecule is Cc1nc(NC(C)CCc2ccco2)cc(=O)[nH]1. The second-order valence-corrected chi connectivity index (χ2v) is 4.38. The Labute approximate surface area is 105 Å². The van der Waals surface area contributed by atoms with E-state index in [1.807, 2.05) is 12.1 Å². The fraction of sp³-hybridized carbons (Fsp3) is 0.385. The molecule has 18 heavy (non-hydrogen) atoms. The third kappa shape index (κ3) is 3.48. The molecule has 2 N–H and O–H groups in total. The fourth-order valence-corrected chi connectivity index (χ4v) is 1.79. The van der Waals surface area contributed by atoms with Gasteiger partial charge in [0.15, 0.2) is 0 Å². The van der Waals surface area contributed by atoms with E-state index in [0.29, 0.717) is 11.6 Å². The Morgan fingerprint density at radius 2 is 2.39 bits per heavy atom. The Bertz CT molecular complexity index is 546. The zero-order valence-electron chi connectivity index (χ0n) is 10.6. The van der Waals surface area contributed by atoms with Crippen LogP contribution in [0, 0.1) is 6.92 Å². The van der Waals surface area contributed by atoms with Crippen molar-refractivity contribution in [2.24, 2.45) is 0 Å². The highest BCUT2D eigenvalue weighted by Gasteiger charge is 2.06. The molecule has 2 rings (SSSR count). The highest BCUT2D eigenvalue weighted by atomic mass is 16.3. The van der Waals surface area contributed by atoms with E-state index in [9.17, 15) is 4.79 Å². The van der Waals surface area contributed by atoms with Gasteiger partial charge in [-0.1, -0.05) is 0 Å². The predicted molar refractivity (Wildman–Crippen MR) is 69.7 cm³/mol. The van der Waals surface area contributed by atoms with E-state index in [4.69, 9.17) is 4.42 Å². The molecule has 5 heteroatoms. The Morgan fingerprint density at radius 3 is 3.06 bits per heavy atom. The number of nitrogens with zero attached hydrogens (tertiary/aromatic N) is 1. The summed E-state index contributed by atoms with van der Waals surface area (Å²) in [6, 6.07) is 5.54. The van der Waals surface area contributed by atoms with Gasteiger partial charge in [0.25, 0.3) is 5.56 Å². The minimum Gasteiger partial charge on any atom is -0.469 e. The van der Waals surface area contributed by atoms with Crippen molar-refractivity contribution in [2.75, 3.05) is 5.32 Å². The summed E-state index contributed by atoms with van der Waals surface area (Å²) in [5, 5.41) is 3.21. The van der Waals surface area contributed by atoms with Crippen molar-refractivity contribution < 1.29 is 4.42 Å². The van der Waals surface area contributed by atoms with Gasteiger partial charge in [0.2, 0.25) is 0 Å². The molecule has 2 aromatic rings. The van der Waals surface area contributed by atoms with Gasteiger partial charge in [0.1, 0.15) is 17.4 Å². The van der Waals surface area contributed by atoms with Gasteiger partial charge in [0, 0.05) is 18.5 Å². The van der Waals surface area contributed by atoms with E-state index < -0.39 is 0 Å². The van der Waals surface area contributed by atoms with Crippen LogP contribution >= 0.6 is 0 Å². The van der Waals surface area contributed by atoms with Crippen LogP contribution in [-0.4, -0.2) is 16.0 Å². The van der Waals surface area contributed by atoms with E-state index in [-0.39, 0.29) is 11.6 Å². The molecule has 0 spiro atoms. The average Bonchev–Trinajstić information content (AvgIpc) is 2.77. The van der Waals surface area contributed by atoms with Crippen molar-refractivity contribution in [3.8, 4) is 0 Å². The molecule has 0 aromatic carbocycles. The van der Waals surface area contributed by atoms with Gasteiger partial charge in [-0.25, -0.2) is 4.98 Å². The largest absolute Gasteiger partial charge is 0.469 e. The predicted octanol–water partition coefficient (Wildman–Crippen LogP) is 2.10. The summed E-state index contributed by atoms with van der Waals surface area (Å²) in [4.78, 5) is 18.1. The Hall–Kier alpha value is -2.04. The lowest BCUT2D eigenvalue weighted by molar-refractivity contribution is 0.495. The van der Waals surface area contributed by atoms with E-state index >= 15 is 0 Å². The first-order valence-corrected chi connectivity index (χ1v) is 6.00. The number of aromatic amines is 1. The summed E-state index contributed by atoms with van der Waals surface area (Å²) >= 11 is 0. The van der Waals surface area contributed by atoms with Crippen molar-refractivity contribution >= 4 is 5.82 Å². The van der Waals surface area contributed by atoms with Gasteiger partial charge in [-0.15, -0.1) is 0 Å². The van der Waals surface area contributed by atoms with Gasteiger partial charge in [-0.3, -0.25) is 4.79 Å². The molecule has 0 aliphatic carbocycles. The maximum atomic E-state index is 11.3. The Morgan fingerprint density at radius 1 is 1.56 bits per heavy atom. The maximum absolute atomic E-state index is 11.3. The number of hydrogen-bond acceptors (Lipinski definition) is 4. The first kappa shape index (κ1) is 12.4. The van der Waals surface area contributed by atoms with Gasteiger partial charge in [0.05, 0.1) is 6.26 Å². The normalized spacial score (nSPS) is 12.3. The van der Waals surface area contributed by atoms with E-state index in [2.05, 4.69) is 22.2 Å². The molecular weight excluding hydrogens is 230 g/mol. The summed E-state index contributed by atoms with van der Waals surface area (Å²) in [6.07, 6.45) is 3.46. The molecule has 5 nitrogen and oxygen atoms in total. The molecule has 0 saturated heterocycles. The summed E-state index contributed by atoms with van der Waals surface area (Å²) in [6.45, 7) is 3.82. The Balaban J connectivity index is 1.90. The number of aromatic nitrogens is 2. The smallest absolute Gasteiger partial charge is 0.252 e. The second-order valence-electron chi connectivity index (χ2n) is 4.38. The Kier molecular flexibility index (Phi) is 3.82. The van der Waals surface area contributed by atoms with Gasteiger partial charge >= 0.3 is 0 Å². The molecule has 1 atom stereocenters. The van der Waals surface area contributed by atoms with Crippen molar-refractivity contribution in [1.29, 1.82) is 0 Å². The monoisotopic (exact) mass is 247 g/mol. The fourth-order valence-electron chi connectivity index (χ4n) is 1.79. The van der Waals surface area contributed by atoms with Crippen LogP contribution in [0.5, 0.6) is 0 Å². The van der Waals surface area contributed by atoms with Crippen molar-refractivity contribution in [3.05, 3.63) is 46.4 Å². The van der Waals surface area contributed by atoms with Crippen molar-refractivity contribution in [3.63, 3.8) is 0 Å². The number of aryl methyl sites for hydroxylation is 2. The van der Waals surface area contributed by atoms with Crippen LogP contribution in [0.2, 0.25) is 0 Å². The van der Waals surface area contributed by atoms with E-state index in [1.165, 1.54) is 6.07 Å². The molecule has 0 radical (unpaired) electrons. The summed E-state index contributed by atoms with van der Waals surface area (Å²) in [7, 11) is 0.